The first kappa shape index (κ1) is 41.4. The summed E-state index contributed by atoms with van der Waals surface area (Å²) in [5.41, 5.74) is 0. The van der Waals surface area contributed by atoms with Crippen molar-refractivity contribution in [2.24, 2.45) is 5.92 Å². The summed E-state index contributed by atoms with van der Waals surface area (Å²) < 4.78 is 6.35. The van der Waals surface area contributed by atoms with Gasteiger partial charge in [-0.25, -0.2) is 4.79 Å². The molecular formula is C39H74N2O2. The van der Waals surface area contributed by atoms with Gasteiger partial charge >= 0.3 is 6.09 Å². The van der Waals surface area contributed by atoms with Gasteiger partial charge in [0.15, 0.2) is 0 Å². The lowest BCUT2D eigenvalue weighted by atomic mass is 9.87. The Bertz CT molecular complexity index is 659. The number of hydrogen-bond acceptors (Lipinski definition) is 3. The standard InChI is InChI=1S/C39H74N2O2/c1-7-10-13-16-19-22-25-28-32-37(33-29-26-23-20-17-14-11-8-2)38(34-30-27-24-21-18-15-12-9-3)43-39(42)41(6)36-31-35-40(4)5/h19-24,37-38H,7-18,25-36H2,1-6H3/b22-19+,23-20+,24-21+. The van der Waals surface area contributed by atoms with Gasteiger partial charge in [0.25, 0.3) is 0 Å². The fraction of sp³-hybridized carbons (Fsp3) is 0.821. The molecule has 4 nitrogen and oxygen atoms in total. The van der Waals surface area contributed by atoms with Gasteiger partial charge in [0.2, 0.25) is 0 Å². The average molecular weight is 603 g/mol. The summed E-state index contributed by atoms with van der Waals surface area (Å²) in [6.07, 6.45) is 40.3. The van der Waals surface area contributed by atoms with E-state index in [1.54, 1.807) is 4.90 Å². The van der Waals surface area contributed by atoms with Gasteiger partial charge in [0, 0.05) is 13.6 Å². The van der Waals surface area contributed by atoms with Crippen LogP contribution in [0.25, 0.3) is 0 Å². The lowest BCUT2D eigenvalue weighted by molar-refractivity contribution is 0.0274. The molecule has 0 heterocycles. The van der Waals surface area contributed by atoms with Gasteiger partial charge in [0.05, 0.1) is 0 Å². The maximum absolute atomic E-state index is 13.2. The quantitative estimate of drug-likeness (QED) is 0.0605. The van der Waals surface area contributed by atoms with Gasteiger partial charge in [0.1, 0.15) is 6.10 Å². The molecule has 0 aliphatic rings. The highest BCUT2D eigenvalue weighted by Gasteiger charge is 2.25. The first-order valence-electron chi connectivity index (χ1n) is 18.5. The summed E-state index contributed by atoms with van der Waals surface area (Å²) in [6, 6.07) is 0. The SMILES string of the molecule is CCCCC/C=C/CCCC(CCC/C=C/CCCCC)C(CCC/C=C/CCCCC)OC(=O)N(C)CCCN(C)C. The summed E-state index contributed by atoms with van der Waals surface area (Å²) in [4.78, 5) is 17.2. The Morgan fingerprint density at radius 2 is 0.930 bits per heavy atom. The van der Waals surface area contributed by atoms with Crippen LogP contribution in [0.2, 0.25) is 0 Å². The van der Waals surface area contributed by atoms with E-state index in [9.17, 15) is 4.79 Å². The number of unbranched alkanes of at least 4 members (excludes halogenated alkanes) is 12. The molecule has 0 fully saturated rings. The zero-order chi connectivity index (χ0) is 31.8. The number of carbonyl (C=O) groups is 1. The number of ether oxygens (including phenoxy) is 1. The third kappa shape index (κ3) is 27.7. The average Bonchev–Trinajstić information content (AvgIpc) is 2.99. The molecule has 0 aromatic carbocycles. The van der Waals surface area contributed by atoms with Crippen LogP contribution in [0.15, 0.2) is 36.5 Å². The number of allylic oxidation sites excluding steroid dienone is 6. The van der Waals surface area contributed by atoms with Crippen molar-refractivity contribution in [1.29, 1.82) is 0 Å². The van der Waals surface area contributed by atoms with Crippen LogP contribution in [0.3, 0.4) is 0 Å². The normalized spacial score (nSPS) is 12.9. The van der Waals surface area contributed by atoms with Crippen LogP contribution in [0.1, 0.15) is 162 Å². The minimum absolute atomic E-state index is 0.000595. The number of hydrogen-bond donors (Lipinski definition) is 0. The molecular weight excluding hydrogens is 528 g/mol. The van der Waals surface area contributed by atoms with Crippen LogP contribution < -0.4 is 0 Å². The van der Waals surface area contributed by atoms with E-state index in [0.717, 1.165) is 64.5 Å². The molecule has 0 rings (SSSR count). The molecule has 0 aliphatic heterocycles. The van der Waals surface area contributed by atoms with Crippen LogP contribution in [-0.4, -0.2) is 56.2 Å². The van der Waals surface area contributed by atoms with Gasteiger partial charge in [-0.15, -0.1) is 0 Å². The van der Waals surface area contributed by atoms with Crippen molar-refractivity contribution >= 4 is 6.09 Å². The van der Waals surface area contributed by atoms with Crippen molar-refractivity contribution in [1.82, 2.24) is 9.80 Å². The second-order valence-electron chi connectivity index (χ2n) is 13.0. The van der Waals surface area contributed by atoms with E-state index in [1.807, 2.05) is 7.05 Å². The van der Waals surface area contributed by atoms with Crippen molar-refractivity contribution < 1.29 is 9.53 Å². The van der Waals surface area contributed by atoms with Crippen LogP contribution in [0.4, 0.5) is 4.79 Å². The van der Waals surface area contributed by atoms with Crippen LogP contribution in [0.5, 0.6) is 0 Å². The monoisotopic (exact) mass is 603 g/mol. The molecule has 252 valence electrons. The molecule has 0 saturated heterocycles. The summed E-state index contributed by atoms with van der Waals surface area (Å²) >= 11 is 0. The molecule has 4 heteroatoms. The largest absolute Gasteiger partial charge is 0.446 e. The maximum Gasteiger partial charge on any atom is 0.409 e. The first-order valence-corrected chi connectivity index (χ1v) is 18.5. The number of carbonyl (C=O) groups excluding carboxylic acids is 1. The highest BCUT2D eigenvalue weighted by atomic mass is 16.6. The van der Waals surface area contributed by atoms with E-state index in [1.165, 1.54) is 89.9 Å². The fourth-order valence-electron chi connectivity index (χ4n) is 5.52. The molecule has 0 saturated carbocycles. The van der Waals surface area contributed by atoms with E-state index < -0.39 is 0 Å². The molecule has 1 unspecified atom stereocenters. The van der Waals surface area contributed by atoms with Crippen LogP contribution in [-0.2, 0) is 4.74 Å². The Labute approximate surface area is 269 Å². The lowest BCUT2D eigenvalue weighted by Gasteiger charge is -2.29. The number of nitrogens with zero attached hydrogens (tertiary/aromatic N) is 2. The fourth-order valence-corrected chi connectivity index (χ4v) is 5.52. The zero-order valence-electron chi connectivity index (χ0n) is 29.8. The van der Waals surface area contributed by atoms with Crippen molar-refractivity contribution in [2.45, 2.75) is 168 Å². The summed E-state index contributed by atoms with van der Waals surface area (Å²) in [6.45, 7) is 8.50. The molecule has 0 aromatic rings. The third-order valence-corrected chi connectivity index (χ3v) is 8.36. The molecule has 0 aromatic heterocycles. The second kappa shape index (κ2) is 31.9. The molecule has 0 radical (unpaired) electrons. The smallest absolute Gasteiger partial charge is 0.409 e. The minimum Gasteiger partial charge on any atom is -0.446 e. The van der Waals surface area contributed by atoms with E-state index in [2.05, 4.69) is 76.2 Å². The molecule has 1 atom stereocenters. The Hall–Kier alpha value is -1.55. The molecule has 0 N–H and O–H groups in total. The van der Waals surface area contributed by atoms with Gasteiger partial charge < -0.3 is 14.5 Å². The Morgan fingerprint density at radius 3 is 1.33 bits per heavy atom. The van der Waals surface area contributed by atoms with Crippen LogP contribution >= 0.6 is 0 Å². The molecule has 0 bridgehead atoms. The topological polar surface area (TPSA) is 32.8 Å². The predicted molar refractivity (Wildman–Crippen MR) is 191 cm³/mol. The Morgan fingerprint density at radius 1 is 0.535 bits per heavy atom. The van der Waals surface area contributed by atoms with Crippen molar-refractivity contribution in [3.05, 3.63) is 36.5 Å². The molecule has 0 spiro atoms. The van der Waals surface area contributed by atoms with E-state index in [4.69, 9.17) is 4.74 Å². The van der Waals surface area contributed by atoms with Gasteiger partial charge in [-0.1, -0.05) is 95.8 Å². The molecule has 0 aliphatic carbocycles. The van der Waals surface area contributed by atoms with E-state index in [0.29, 0.717) is 5.92 Å². The third-order valence-electron chi connectivity index (χ3n) is 8.36. The van der Waals surface area contributed by atoms with Gasteiger partial charge in [-0.3, -0.25) is 0 Å². The zero-order valence-corrected chi connectivity index (χ0v) is 29.8. The lowest BCUT2D eigenvalue weighted by Crippen LogP contribution is -2.36. The summed E-state index contributed by atoms with van der Waals surface area (Å²) in [5.74, 6) is 0.426. The van der Waals surface area contributed by atoms with E-state index in [-0.39, 0.29) is 12.2 Å². The van der Waals surface area contributed by atoms with Gasteiger partial charge in [-0.05, 0) is 129 Å². The summed E-state index contributed by atoms with van der Waals surface area (Å²) in [7, 11) is 6.06. The van der Waals surface area contributed by atoms with Crippen molar-refractivity contribution in [3.63, 3.8) is 0 Å². The predicted octanol–water partition coefficient (Wildman–Crippen LogP) is 11.9. The number of rotatable bonds is 30. The number of amides is 1. The second-order valence-corrected chi connectivity index (χ2v) is 13.0. The first-order chi connectivity index (χ1) is 21.0. The van der Waals surface area contributed by atoms with Crippen molar-refractivity contribution in [2.75, 3.05) is 34.2 Å². The highest BCUT2D eigenvalue weighted by molar-refractivity contribution is 5.67. The Balaban J connectivity index is 5.28. The molecule has 1 amide bonds. The van der Waals surface area contributed by atoms with Crippen LogP contribution in [0, 0.1) is 5.92 Å². The highest BCUT2D eigenvalue weighted by Crippen LogP contribution is 2.27. The maximum atomic E-state index is 13.2. The molecule has 43 heavy (non-hydrogen) atoms. The van der Waals surface area contributed by atoms with Crippen molar-refractivity contribution in [3.8, 4) is 0 Å². The summed E-state index contributed by atoms with van der Waals surface area (Å²) in [5, 5.41) is 0. The van der Waals surface area contributed by atoms with E-state index >= 15 is 0 Å². The Kier molecular flexibility index (Phi) is 30.7. The van der Waals surface area contributed by atoms with Gasteiger partial charge in [-0.2, -0.15) is 0 Å². The minimum atomic E-state index is -0.143.